The molecular weight excluding hydrogens is 326 g/mol. The van der Waals surface area contributed by atoms with Crippen LogP contribution in [-0.2, 0) is 13.1 Å². The predicted molar refractivity (Wildman–Crippen MR) is 88.7 cm³/mol. The third kappa shape index (κ3) is 3.71. The Bertz CT molecular complexity index is 893. The Morgan fingerprint density at radius 1 is 1.12 bits per heavy atom. The predicted octanol–water partition coefficient (Wildman–Crippen LogP) is 3.17. The highest BCUT2D eigenvalue weighted by molar-refractivity contribution is 5.93. The molecule has 128 valence electrons. The molecule has 0 bridgehead atoms. The fraction of sp³-hybridized carbons (Fsp3) is 0.167. The molecule has 0 fully saturated rings. The van der Waals surface area contributed by atoms with E-state index in [9.17, 15) is 13.6 Å². The average molecular weight is 342 g/mol. The van der Waals surface area contributed by atoms with Gasteiger partial charge in [-0.25, -0.2) is 8.78 Å². The first-order valence-electron chi connectivity index (χ1n) is 7.79. The van der Waals surface area contributed by atoms with E-state index < -0.39 is 11.6 Å². The van der Waals surface area contributed by atoms with Crippen LogP contribution in [-0.4, -0.2) is 20.7 Å². The number of rotatable bonds is 5. The minimum absolute atomic E-state index is 0.218. The lowest BCUT2D eigenvalue weighted by Crippen LogP contribution is -2.23. The molecular formula is C18H16F2N4O. The van der Waals surface area contributed by atoms with Crippen molar-refractivity contribution in [1.29, 1.82) is 0 Å². The molecule has 0 aliphatic carbocycles. The summed E-state index contributed by atoms with van der Waals surface area (Å²) in [5, 5.41) is 7.02. The molecule has 0 saturated carbocycles. The standard InChI is InChI=1S/C18H16F2N4O/c1-2-24-17(13-3-4-14(19)15(20)9-13)10-16(23-24)18(25)22-11-12-5-7-21-8-6-12/h3-10H,2,11H2,1H3,(H,22,25). The number of carbonyl (C=O) groups is 1. The van der Waals surface area contributed by atoms with Crippen LogP contribution in [0.3, 0.4) is 0 Å². The van der Waals surface area contributed by atoms with E-state index in [1.807, 2.05) is 6.92 Å². The van der Waals surface area contributed by atoms with Crippen LogP contribution in [0.2, 0.25) is 0 Å². The summed E-state index contributed by atoms with van der Waals surface area (Å²) in [6.07, 6.45) is 3.29. The van der Waals surface area contributed by atoms with Crippen LogP contribution in [0.1, 0.15) is 23.0 Å². The van der Waals surface area contributed by atoms with Gasteiger partial charge >= 0.3 is 0 Å². The van der Waals surface area contributed by atoms with Crippen LogP contribution in [0.5, 0.6) is 0 Å². The van der Waals surface area contributed by atoms with E-state index in [4.69, 9.17) is 0 Å². The molecule has 0 unspecified atom stereocenters. The summed E-state index contributed by atoms with van der Waals surface area (Å²) in [4.78, 5) is 16.2. The van der Waals surface area contributed by atoms with E-state index in [1.165, 1.54) is 6.07 Å². The van der Waals surface area contributed by atoms with Gasteiger partial charge < -0.3 is 5.32 Å². The number of nitrogens with one attached hydrogen (secondary N) is 1. The molecule has 3 aromatic rings. The maximum absolute atomic E-state index is 13.5. The van der Waals surface area contributed by atoms with Crippen molar-refractivity contribution >= 4 is 5.91 Å². The van der Waals surface area contributed by atoms with Crippen LogP contribution in [0.25, 0.3) is 11.3 Å². The lowest BCUT2D eigenvalue weighted by atomic mass is 10.1. The van der Waals surface area contributed by atoms with Crippen molar-refractivity contribution in [2.75, 3.05) is 0 Å². The van der Waals surface area contributed by atoms with Gasteiger partial charge in [0.1, 0.15) is 0 Å². The minimum Gasteiger partial charge on any atom is -0.347 e. The molecule has 25 heavy (non-hydrogen) atoms. The van der Waals surface area contributed by atoms with Crippen LogP contribution in [0, 0.1) is 11.6 Å². The van der Waals surface area contributed by atoms with Crippen molar-refractivity contribution in [1.82, 2.24) is 20.1 Å². The van der Waals surface area contributed by atoms with Gasteiger partial charge in [-0.15, -0.1) is 0 Å². The zero-order valence-electron chi connectivity index (χ0n) is 13.5. The van der Waals surface area contributed by atoms with Crippen molar-refractivity contribution in [2.45, 2.75) is 20.0 Å². The second kappa shape index (κ2) is 7.21. The molecule has 7 heteroatoms. The van der Waals surface area contributed by atoms with Gasteiger partial charge in [0.15, 0.2) is 17.3 Å². The topological polar surface area (TPSA) is 59.8 Å². The Kier molecular flexibility index (Phi) is 4.83. The van der Waals surface area contributed by atoms with Gasteiger partial charge in [0.05, 0.1) is 5.69 Å². The molecule has 0 aliphatic heterocycles. The lowest BCUT2D eigenvalue weighted by molar-refractivity contribution is 0.0945. The number of carbonyl (C=O) groups excluding carboxylic acids is 1. The SMILES string of the molecule is CCn1nc(C(=O)NCc2ccncc2)cc1-c1ccc(F)c(F)c1. The van der Waals surface area contributed by atoms with E-state index >= 15 is 0 Å². The van der Waals surface area contributed by atoms with E-state index in [2.05, 4.69) is 15.4 Å². The summed E-state index contributed by atoms with van der Waals surface area (Å²) < 4.78 is 28.2. The summed E-state index contributed by atoms with van der Waals surface area (Å²) >= 11 is 0. The Balaban J connectivity index is 1.82. The molecule has 0 radical (unpaired) electrons. The highest BCUT2D eigenvalue weighted by Gasteiger charge is 2.16. The number of amides is 1. The van der Waals surface area contributed by atoms with Crippen LogP contribution in [0.15, 0.2) is 48.8 Å². The van der Waals surface area contributed by atoms with E-state index in [0.29, 0.717) is 24.3 Å². The number of aryl methyl sites for hydroxylation is 1. The fourth-order valence-corrected chi connectivity index (χ4v) is 2.43. The van der Waals surface area contributed by atoms with E-state index in [-0.39, 0.29) is 11.6 Å². The lowest BCUT2D eigenvalue weighted by Gasteiger charge is -2.04. The Morgan fingerprint density at radius 3 is 2.56 bits per heavy atom. The second-order valence-corrected chi connectivity index (χ2v) is 5.40. The largest absolute Gasteiger partial charge is 0.347 e. The molecule has 1 aromatic carbocycles. The number of aromatic nitrogens is 3. The third-order valence-electron chi connectivity index (χ3n) is 3.73. The molecule has 2 aromatic heterocycles. The fourth-order valence-electron chi connectivity index (χ4n) is 2.43. The van der Waals surface area contributed by atoms with Crippen LogP contribution >= 0.6 is 0 Å². The maximum atomic E-state index is 13.5. The van der Waals surface area contributed by atoms with Crippen molar-refractivity contribution in [3.05, 3.63) is 71.7 Å². The molecule has 0 spiro atoms. The van der Waals surface area contributed by atoms with Crippen molar-refractivity contribution < 1.29 is 13.6 Å². The highest BCUT2D eigenvalue weighted by atomic mass is 19.2. The maximum Gasteiger partial charge on any atom is 0.272 e. The molecule has 0 saturated heterocycles. The first-order valence-corrected chi connectivity index (χ1v) is 7.79. The molecule has 2 heterocycles. The van der Waals surface area contributed by atoms with Gasteiger partial charge in [-0.05, 0) is 48.9 Å². The zero-order chi connectivity index (χ0) is 17.8. The van der Waals surface area contributed by atoms with Gasteiger partial charge in [-0.3, -0.25) is 14.5 Å². The minimum atomic E-state index is -0.940. The van der Waals surface area contributed by atoms with Crippen LogP contribution in [0.4, 0.5) is 8.78 Å². The molecule has 3 rings (SSSR count). The summed E-state index contributed by atoms with van der Waals surface area (Å²) in [6, 6.07) is 8.78. The Hall–Kier alpha value is -3.09. The summed E-state index contributed by atoms with van der Waals surface area (Å²) in [5.41, 5.74) is 2.15. The molecule has 5 nitrogen and oxygen atoms in total. The normalized spacial score (nSPS) is 10.7. The third-order valence-corrected chi connectivity index (χ3v) is 3.73. The molecule has 0 atom stereocenters. The highest BCUT2D eigenvalue weighted by Crippen LogP contribution is 2.23. The Morgan fingerprint density at radius 2 is 1.88 bits per heavy atom. The number of pyridine rings is 1. The van der Waals surface area contributed by atoms with Crippen molar-refractivity contribution in [3.8, 4) is 11.3 Å². The van der Waals surface area contributed by atoms with Crippen LogP contribution < -0.4 is 5.32 Å². The van der Waals surface area contributed by atoms with Gasteiger partial charge in [0.2, 0.25) is 0 Å². The van der Waals surface area contributed by atoms with Gasteiger partial charge in [-0.2, -0.15) is 5.10 Å². The molecule has 0 aliphatic rings. The first kappa shape index (κ1) is 16.8. The monoisotopic (exact) mass is 342 g/mol. The van der Waals surface area contributed by atoms with E-state index in [0.717, 1.165) is 17.7 Å². The quantitative estimate of drug-likeness (QED) is 0.775. The van der Waals surface area contributed by atoms with Gasteiger partial charge in [-0.1, -0.05) is 0 Å². The van der Waals surface area contributed by atoms with Crippen molar-refractivity contribution in [3.63, 3.8) is 0 Å². The van der Waals surface area contributed by atoms with Crippen molar-refractivity contribution in [2.24, 2.45) is 0 Å². The summed E-state index contributed by atoms with van der Waals surface area (Å²) in [6.45, 7) is 2.70. The smallest absolute Gasteiger partial charge is 0.272 e. The molecule has 1 N–H and O–H groups in total. The Labute approximate surface area is 143 Å². The number of benzene rings is 1. The summed E-state index contributed by atoms with van der Waals surface area (Å²) in [5.74, 6) is -2.19. The van der Waals surface area contributed by atoms with E-state index in [1.54, 1.807) is 35.3 Å². The average Bonchev–Trinajstić information content (AvgIpc) is 3.07. The van der Waals surface area contributed by atoms with Gasteiger partial charge in [0.25, 0.3) is 5.91 Å². The molecule has 1 amide bonds. The number of halogens is 2. The number of hydrogen-bond acceptors (Lipinski definition) is 3. The summed E-state index contributed by atoms with van der Waals surface area (Å²) in [7, 11) is 0. The zero-order valence-corrected chi connectivity index (χ0v) is 13.5. The second-order valence-electron chi connectivity index (χ2n) is 5.40. The number of hydrogen-bond donors (Lipinski definition) is 1. The van der Waals surface area contributed by atoms with Gasteiger partial charge in [0, 0.05) is 31.0 Å². The first-order chi connectivity index (χ1) is 12.1. The number of nitrogens with zero attached hydrogens (tertiary/aromatic N) is 3.